The Morgan fingerprint density at radius 1 is 0.815 bits per heavy atom. The summed E-state index contributed by atoms with van der Waals surface area (Å²) in [4.78, 5) is 4.49. The molecular weight excluding hydrogens is 354 g/mol. The summed E-state index contributed by atoms with van der Waals surface area (Å²) in [6.45, 7) is 0. The maximum atomic E-state index is 6.40. The summed E-state index contributed by atoms with van der Waals surface area (Å²) in [6.07, 6.45) is 3.77. The van der Waals surface area contributed by atoms with Gasteiger partial charge in [-0.15, -0.1) is 0 Å². The molecule has 1 aliphatic rings. The molecule has 0 atom stereocenters. The van der Waals surface area contributed by atoms with Gasteiger partial charge in [0.05, 0.1) is 0 Å². The zero-order valence-corrected chi connectivity index (χ0v) is 15.1. The Labute approximate surface area is 161 Å². The molecule has 1 aromatic heterocycles. The molecule has 0 fully saturated rings. The first kappa shape index (κ1) is 15.9. The normalized spacial score (nSPS) is 14.0. The number of allylic oxidation sites excluding steroid dienone is 3. The lowest BCUT2D eigenvalue weighted by atomic mass is 10.0. The summed E-state index contributed by atoms with van der Waals surface area (Å²) in [5, 5.41) is 2.60. The van der Waals surface area contributed by atoms with Crippen LogP contribution in [0.15, 0.2) is 100 Å². The monoisotopic (exact) mass is 367 g/mol. The Kier molecular flexibility index (Phi) is 3.79. The van der Waals surface area contributed by atoms with Gasteiger partial charge in [-0.05, 0) is 23.8 Å². The van der Waals surface area contributed by atoms with Crippen LogP contribution >= 0.6 is 11.6 Å². The zero-order valence-electron chi connectivity index (χ0n) is 14.3. The molecule has 0 unspecified atom stereocenters. The second-order valence-corrected chi connectivity index (χ2v) is 6.71. The van der Waals surface area contributed by atoms with Gasteiger partial charge in [-0.3, -0.25) is 0 Å². The summed E-state index contributed by atoms with van der Waals surface area (Å²) < 4.78 is 6.15. The number of nitrogens with zero attached hydrogens (tertiary/aromatic N) is 1. The van der Waals surface area contributed by atoms with E-state index in [1.165, 1.54) is 0 Å². The van der Waals surface area contributed by atoms with Crippen LogP contribution in [0, 0.1) is 0 Å². The summed E-state index contributed by atoms with van der Waals surface area (Å²) in [6, 6.07) is 24.1. The molecule has 2 heterocycles. The van der Waals surface area contributed by atoms with Crippen molar-refractivity contribution in [2.24, 2.45) is 4.99 Å². The van der Waals surface area contributed by atoms with Crippen LogP contribution < -0.4 is 0 Å². The Balaban J connectivity index is 1.71. The molecular formula is C24H14ClNO. The van der Waals surface area contributed by atoms with Gasteiger partial charge in [-0.1, -0.05) is 84.1 Å². The fourth-order valence-corrected chi connectivity index (χ4v) is 3.56. The number of rotatable bonds is 2. The van der Waals surface area contributed by atoms with Crippen molar-refractivity contribution in [2.45, 2.75) is 0 Å². The fraction of sp³-hybridized carbons (Fsp3) is 0. The predicted molar refractivity (Wildman–Crippen MR) is 113 cm³/mol. The lowest BCUT2D eigenvalue weighted by Crippen LogP contribution is -1.86. The molecule has 2 nitrogen and oxygen atoms in total. The van der Waals surface area contributed by atoms with Gasteiger partial charge in [0.1, 0.15) is 22.0 Å². The molecule has 0 saturated carbocycles. The van der Waals surface area contributed by atoms with Gasteiger partial charge in [0.25, 0.3) is 0 Å². The number of hydrogen-bond donors (Lipinski definition) is 0. The van der Waals surface area contributed by atoms with Crippen LogP contribution in [0.4, 0.5) is 0 Å². The minimum absolute atomic E-state index is 0.415. The van der Waals surface area contributed by atoms with E-state index in [0.717, 1.165) is 38.6 Å². The second-order valence-electron chi connectivity index (χ2n) is 6.32. The van der Waals surface area contributed by atoms with Crippen LogP contribution in [0.2, 0.25) is 0 Å². The maximum absolute atomic E-state index is 6.40. The van der Waals surface area contributed by atoms with E-state index >= 15 is 0 Å². The molecule has 128 valence electrons. The quantitative estimate of drug-likeness (QED) is 0.357. The van der Waals surface area contributed by atoms with Gasteiger partial charge in [0, 0.05) is 21.9 Å². The Morgan fingerprint density at radius 3 is 2.48 bits per heavy atom. The van der Waals surface area contributed by atoms with Crippen LogP contribution in [-0.2, 0) is 0 Å². The summed E-state index contributed by atoms with van der Waals surface area (Å²) in [5.74, 6) is 0. The number of furan rings is 1. The van der Waals surface area contributed by atoms with Crippen molar-refractivity contribution in [3.8, 4) is 0 Å². The first-order valence-electron chi connectivity index (χ1n) is 8.68. The van der Waals surface area contributed by atoms with Gasteiger partial charge in [0.2, 0.25) is 0 Å². The first-order chi connectivity index (χ1) is 13.3. The van der Waals surface area contributed by atoms with Gasteiger partial charge in [-0.25, -0.2) is 4.99 Å². The SMILES string of the molecule is ClC1=NC(c2ccccc2)=C=CC(c2cccc3c2oc2ccccc23)=C1. The lowest BCUT2D eigenvalue weighted by molar-refractivity contribution is 0.668. The van der Waals surface area contributed by atoms with Crippen molar-refractivity contribution < 1.29 is 4.42 Å². The number of halogens is 1. The summed E-state index contributed by atoms with van der Waals surface area (Å²) in [5.41, 5.74) is 8.58. The highest BCUT2D eigenvalue weighted by molar-refractivity contribution is 6.69. The van der Waals surface area contributed by atoms with Gasteiger partial charge in [-0.2, -0.15) is 0 Å². The Bertz CT molecular complexity index is 1300. The summed E-state index contributed by atoms with van der Waals surface area (Å²) in [7, 11) is 0. The summed E-state index contributed by atoms with van der Waals surface area (Å²) >= 11 is 6.40. The molecule has 5 rings (SSSR count). The number of para-hydroxylation sites is 2. The molecule has 27 heavy (non-hydrogen) atoms. The number of benzene rings is 3. The molecule has 0 radical (unpaired) electrons. The van der Waals surface area contributed by atoms with E-state index in [-0.39, 0.29) is 0 Å². The minimum Gasteiger partial charge on any atom is -0.455 e. The lowest BCUT2D eigenvalue weighted by Gasteiger charge is -2.02. The average Bonchev–Trinajstić information content (AvgIpc) is 2.98. The van der Waals surface area contributed by atoms with Crippen molar-refractivity contribution >= 4 is 50.0 Å². The van der Waals surface area contributed by atoms with Crippen molar-refractivity contribution in [3.05, 3.63) is 102 Å². The molecule has 0 spiro atoms. The highest BCUT2D eigenvalue weighted by atomic mass is 35.5. The van der Waals surface area contributed by atoms with Gasteiger partial charge >= 0.3 is 0 Å². The zero-order chi connectivity index (χ0) is 18.2. The fourth-order valence-electron chi connectivity index (χ4n) is 3.36. The highest BCUT2D eigenvalue weighted by Crippen LogP contribution is 2.34. The molecule has 0 aliphatic carbocycles. The maximum Gasteiger partial charge on any atom is 0.143 e. The average molecular weight is 368 g/mol. The third kappa shape index (κ3) is 2.82. The highest BCUT2D eigenvalue weighted by Gasteiger charge is 2.14. The van der Waals surface area contributed by atoms with Crippen LogP contribution in [0.5, 0.6) is 0 Å². The van der Waals surface area contributed by atoms with E-state index in [1.54, 1.807) is 0 Å². The smallest absolute Gasteiger partial charge is 0.143 e. The van der Waals surface area contributed by atoms with Crippen LogP contribution in [-0.4, -0.2) is 5.17 Å². The Hall–Kier alpha value is -3.32. The standard InChI is InChI=1S/C24H14ClNO/c25-23-15-17(13-14-21(26-23)16-7-2-1-3-8-16)18-10-6-11-20-19-9-4-5-12-22(19)27-24(18)20/h1-13,15H. The van der Waals surface area contributed by atoms with E-state index in [9.17, 15) is 0 Å². The van der Waals surface area contributed by atoms with Crippen LogP contribution in [0.1, 0.15) is 11.1 Å². The van der Waals surface area contributed by atoms with Crippen molar-refractivity contribution in [1.29, 1.82) is 0 Å². The second kappa shape index (κ2) is 6.44. The van der Waals surface area contributed by atoms with Crippen molar-refractivity contribution in [3.63, 3.8) is 0 Å². The molecule has 1 aliphatic heterocycles. The van der Waals surface area contributed by atoms with Crippen molar-refractivity contribution in [1.82, 2.24) is 0 Å². The molecule has 3 heteroatoms. The predicted octanol–water partition coefficient (Wildman–Crippen LogP) is 6.82. The molecule has 0 N–H and O–H groups in total. The molecule has 0 amide bonds. The van der Waals surface area contributed by atoms with Gasteiger partial charge < -0.3 is 4.42 Å². The van der Waals surface area contributed by atoms with E-state index in [0.29, 0.717) is 10.9 Å². The Morgan fingerprint density at radius 2 is 1.59 bits per heavy atom. The molecule has 4 aromatic rings. The van der Waals surface area contributed by atoms with E-state index in [2.05, 4.69) is 22.9 Å². The third-order valence-corrected chi connectivity index (χ3v) is 4.81. The number of hydrogen-bond acceptors (Lipinski definition) is 2. The van der Waals surface area contributed by atoms with E-state index < -0.39 is 0 Å². The van der Waals surface area contributed by atoms with Crippen molar-refractivity contribution in [2.75, 3.05) is 0 Å². The largest absolute Gasteiger partial charge is 0.455 e. The first-order valence-corrected chi connectivity index (χ1v) is 9.06. The molecule has 0 saturated heterocycles. The van der Waals surface area contributed by atoms with Crippen LogP contribution in [0.3, 0.4) is 0 Å². The number of aliphatic imine (C=N–C) groups is 1. The molecule has 0 bridgehead atoms. The van der Waals surface area contributed by atoms with E-state index in [1.807, 2.05) is 72.8 Å². The van der Waals surface area contributed by atoms with E-state index in [4.69, 9.17) is 16.0 Å². The van der Waals surface area contributed by atoms with Gasteiger partial charge in [0.15, 0.2) is 0 Å². The molecule has 3 aromatic carbocycles. The minimum atomic E-state index is 0.415. The number of fused-ring (bicyclic) bond motifs is 3. The third-order valence-electron chi connectivity index (χ3n) is 4.62. The van der Waals surface area contributed by atoms with Crippen LogP contribution in [0.25, 0.3) is 33.2 Å². The topological polar surface area (TPSA) is 25.5 Å².